The van der Waals surface area contributed by atoms with Gasteiger partial charge in [-0.15, -0.1) is 0 Å². The van der Waals surface area contributed by atoms with Gasteiger partial charge in [0.25, 0.3) is 5.91 Å². The molecule has 2 aromatic carbocycles. The third kappa shape index (κ3) is 4.03. The Labute approximate surface area is 160 Å². The second-order valence-corrected chi connectivity index (χ2v) is 6.67. The molecular weight excluding hydrogens is 460 g/mol. The van der Waals surface area contributed by atoms with Crippen molar-refractivity contribution in [3.05, 3.63) is 69.1 Å². The average Bonchev–Trinajstić information content (AvgIpc) is 3.11. The summed E-state index contributed by atoms with van der Waals surface area (Å²) in [4.78, 5) is 13.5. The molecule has 0 aliphatic carbocycles. The number of alkyl halides is 3. The van der Waals surface area contributed by atoms with E-state index in [1.54, 1.807) is 18.2 Å². The quantitative estimate of drug-likeness (QED) is 0.574. The average molecular weight is 472 g/mol. The summed E-state index contributed by atoms with van der Waals surface area (Å²) >= 11 is 2.09. The van der Waals surface area contributed by atoms with E-state index in [9.17, 15) is 18.0 Å². The van der Waals surface area contributed by atoms with Crippen molar-refractivity contribution in [3.63, 3.8) is 0 Å². The van der Waals surface area contributed by atoms with Gasteiger partial charge < -0.3 is 5.32 Å². The number of amides is 1. The molecule has 3 aromatic rings. The number of aromatic nitrogens is 3. The summed E-state index contributed by atoms with van der Waals surface area (Å²) in [7, 11) is 0. The van der Waals surface area contributed by atoms with Crippen molar-refractivity contribution in [2.45, 2.75) is 13.1 Å². The molecule has 26 heavy (non-hydrogen) atoms. The minimum absolute atomic E-state index is 0.00714. The van der Waals surface area contributed by atoms with Crippen molar-refractivity contribution in [3.8, 4) is 5.69 Å². The third-order valence-corrected chi connectivity index (χ3v) is 4.75. The van der Waals surface area contributed by atoms with Crippen LogP contribution in [0.2, 0.25) is 0 Å². The molecule has 0 bridgehead atoms. The van der Waals surface area contributed by atoms with Crippen LogP contribution >= 0.6 is 22.6 Å². The highest BCUT2D eigenvalue weighted by Gasteiger charge is 2.31. The van der Waals surface area contributed by atoms with Gasteiger partial charge in [-0.05, 0) is 65.4 Å². The van der Waals surface area contributed by atoms with E-state index in [0.717, 1.165) is 26.1 Å². The maximum atomic E-state index is 13.2. The molecule has 1 heterocycles. The van der Waals surface area contributed by atoms with Gasteiger partial charge in [-0.25, -0.2) is 0 Å². The summed E-state index contributed by atoms with van der Waals surface area (Å²) in [6.07, 6.45) is -1.86. The molecule has 0 aliphatic heterocycles. The summed E-state index contributed by atoms with van der Waals surface area (Å²) in [6, 6.07) is 8.26. The fourth-order valence-electron chi connectivity index (χ4n) is 2.25. The Bertz CT molecular complexity index is 955. The van der Waals surface area contributed by atoms with Crippen molar-refractivity contribution in [1.29, 1.82) is 0 Å². The number of anilines is 1. The van der Waals surface area contributed by atoms with Gasteiger partial charge in [0.15, 0.2) is 0 Å². The molecule has 5 nitrogen and oxygen atoms in total. The highest BCUT2D eigenvalue weighted by atomic mass is 127. The summed E-state index contributed by atoms with van der Waals surface area (Å²) in [6.45, 7) is 1.90. The molecule has 0 spiro atoms. The van der Waals surface area contributed by atoms with Crippen LogP contribution in [0.1, 0.15) is 21.5 Å². The Morgan fingerprint density at radius 3 is 2.42 bits per heavy atom. The third-order valence-electron chi connectivity index (χ3n) is 3.59. The molecule has 0 atom stereocenters. The molecule has 0 unspecified atom stereocenters. The number of rotatable bonds is 3. The van der Waals surface area contributed by atoms with Gasteiger partial charge in [0.1, 0.15) is 0 Å². The monoisotopic (exact) mass is 472 g/mol. The number of carbonyl (C=O) groups excluding carboxylic acids is 1. The smallest absolute Gasteiger partial charge is 0.322 e. The van der Waals surface area contributed by atoms with Crippen LogP contribution in [0.5, 0.6) is 0 Å². The molecule has 0 saturated carbocycles. The van der Waals surface area contributed by atoms with Crippen LogP contribution in [0.3, 0.4) is 0 Å². The Morgan fingerprint density at radius 1 is 1.12 bits per heavy atom. The van der Waals surface area contributed by atoms with Crippen molar-refractivity contribution in [2.24, 2.45) is 0 Å². The minimum Gasteiger partial charge on any atom is -0.322 e. The lowest BCUT2D eigenvalue weighted by Gasteiger charge is -2.13. The van der Waals surface area contributed by atoms with Crippen LogP contribution < -0.4 is 5.32 Å². The molecule has 1 aromatic heterocycles. The first-order valence-corrected chi connectivity index (χ1v) is 8.48. The van der Waals surface area contributed by atoms with Crippen molar-refractivity contribution in [1.82, 2.24) is 15.0 Å². The maximum absolute atomic E-state index is 13.2. The molecule has 0 aliphatic rings. The fourth-order valence-corrected chi connectivity index (χ4v) is 2.76. The first-order valence-electron chi connectivity index (χ1n) is 7.40. The minimum atomic E-state index is -4.57. The van der Waals surface area contributed by atoms with Crippen LogP contribution in [0.15, 0.2) is 48.8 Å². The molecule has 134 valence electrons. The standard InChI is InChI=1S/C17H12F3IN4O/c1-10-2-3-11(6-15(10)21)16(26)24-13-7-12(17(18,19)20)8-14(9-13)25-22-4-5-23-25/h2-9H,1H3,(H,24,26). The van der Waals surface area contributed by atoms with E-state index in [2.05, 4.69) is 38.1 Å². The zero-order valence-corrected chi connectivity index (χ0v) is 15.5. The predicted octanol–water partition coefficient (Wildman–Crippen LogP) is 4.45. The lowest BCUT2D eigenvalue weighted by molar-refractivity contribution is -0.137. The number of hydrogen-bond donors (Lipinski definition) is 1. The van der Waals surface area contributed by atoms with Gasteiger partial charge in [-0.3, -0.25) is 4.79 Å². The Morgan fingerprint density at radius 2 is 1.81 bits per heavy atom. The predicted molar refractivity (Wildman–Crippen MR) is 98.2 cm³/mol. The van der Waals surface area contributed by atoms with E-state index in [4.69, 9.17) is 0 Å². The van der Waals surface area contributed by atoms with E-state index in [-0.39, 0.29) is 11.4 Å². The lowest BCUT2D eigenvalue weighted by atomic mass is 10.1. The second-order valence-electron chi connectivity index (χ2n) is 5.50. The lowest BCUT2D eigenvalue weighted by Crippen LogP contribution is -2.14. The van der Waals surface area contributed by atoms with Crippen molar-refractivity contribution in [2.75, 3.05) is 5.32 Å². The van der Waals surface area contributed by atoms with E-state index < -0.39 is 17.6 Å². The molecular formula is C17H12F3IN4O. The molecule has 3 rings (SSSR count). The van der Waals surface area contributed by atoms with Gasteiger partial charge in [0.05, 0.1) is 23.6 Å². The van der Waals surface area contributed by atoms with Crippen molar-refractivity contribution >= 4 is 34.2 Å². The number of hydrogen-bond acceptors (Lipinski definition) is 3. The summed E-state index contributed by atoms with van der Waals surface area (Å²) in [5.74, 6) is -0.499. The molecule has 0 fully saturated rings. The highest BCUT2D eigenvalue weighted by molar-refractivity contribution is 14.1. The van der Waals surface area contributed by atoms with Gasteiger partial charge in [-0.1, -0.05) is 6.07 Å². The number of carbonyl (C=O) groups is 1. The molecule has 1 N–H and O–H groups in total. The normalized spacial score (nSPS) is 11.4. The summed E-state index contributed by atoms with van der Waals surface area (Å²) in [5, 5.41) is 10.2. The number of aryl methyl sites for hydroxylation is 1. The fraction of sp³-hybridized carbons (Fsp3) is 0.118. The second kappa shape index (κ2) is 7.06. The maximum Gasteiger partial charge on any atom is 0.416 e. The van der Waals surface area contributed by atoms with Crippen LogP contribution in [-0.4, -0.2) is 20.9 Å². The Kier molecular flexibility index (Phi) is 4.99. The van der Waals surface area contributed by atoms with E-state index >= 15 is 0 Å². The van der Waals surface area contributed by atoms with Crippen LogP contribution in [0.25, 0.3) is 5.69 Å². The largest absolute Gasteiger partial charge is 0.416 e. The SMILES string of the molecule is Cc1ccc(C(=O)Nc2cc(-n3nccn3)cc(C(F)(F)F)c2)cc1I. The van der Waals surface area contributed by atoms with Crippen molar-refractivity contribution < 1.29 is 18.0 Å². The summed E-state index contributed by atoms with van der Waals surface area (Å²) in [5.41, 5.74) is 0.567. The van der Waals surface area contributed by atoms with E-state index in [1.807, 2.05) is 6.92 Å². The van der Waals surface area contributed by atoms with Gasteiger partial charge in [-0.2, -0.15) is 28.2 Å². The first-order chi connectivity index (χ1) is 12.2. The zero-order valence-electron chi connectivity index (χ0n) is 13.4. The molecule has 1 amide bonds. The van der Waals surface area contributed by atoms with Crippen LogP contribution in [-0.2, 0) is 6.18 Å². The Hall–Kier alpha value is -2.43. The topological polar surface area (TPSA) is 59.8 Å². The molecule has 0 saturated heterocycles. The van der Waals surface area contributed by atoms with Crippen LogP contribution in [0, 0.1) is 10.5 Å². The number of nitrogens with one attached hydrogen (secondary N) is 1. The van der Waals surface area contributed by atoms with Gasteiger partial charge >= 0.3 is 6.18 Å². The van der Waals surface area contributed by atoms with E-state index in [1.165, 1.54) is 18.5 Å². The first kappa shape index (κ1) is 18.4. The summed E-state index contributed by atoms with van der Waals surface area (Å²) < 4.78 is 40.4. The Balaban J connectivity index is 1.97. The van der Waals surface area contributed by atoms with E-state index in [0.29, 0.717) is 5.56 Å². The number of benzene rings is 2. The highest BCUT2D eigenvalue weighted by Crippen LogP contribution is 2.33. The van der Waals surface area contributed by atoms with Gasteiger partial charge in [0, 0.05) is 14.8 Å². The number of halogens is 4. The zero-order chi connectivity index (χ0) is 18.9. The van der Waals surface area contributed by atoms with Crippen LogP contribution in [0.4, 0.5) is 18.9 Å². The molecule has 0 radical (unpaired) electrons. The molecule has 9 heteroatoms. The number of nitrogens with zero attached hydrogens (tertiary/aromatic N) is 3. The van der Waals surface area contributed by atoms with Gasteiger partial charge in [0.2, 0.25) is 0 Å².